The Kier molecular flexibility index (Phi) is 5.28. The maximum Gasteiger partial charge on any atom is 0.227 e. The molecular formula is C19H26N4O. The summed E-state index contributed by atoms with van der Waals surface area (Å²) in [5, 5.41) is 8.19. The van der Waals surface area contributed by atoms with Crippen LogP contribution in [0.25, 0.3) is 0 Å². The molecule has 1 fully saturated rings. The van der Waals surface area contributed by atoms with Crippen LogP contribution in [0, 0.1) is 6.92 Å². The van der Waals surface area contributed by atoms with E-state index >= 15 is 0 Å². The maximum absolute atomic E-state index is 12.7. The lowest BCUT2D eigenvalue weighted by atomic mass is 10.1. The molecule has 2 aromatic rings. The first-order chi connectivity index (χ1) is 11.7. The van der Waals surface area contributed by atoms with Gasteiger partial charge in [-0.3, -0.25) is 4.79 Å². The second-order valence-electron chi connectivity index (χ2n) is 6.62. The van der Waals surface area contributed by atoms with Gasteiger partial charge in [0.1, 0.15) is 12.2 Å². The standard InChI is InChI=1S/C19H26N4O/c1-3-22-14-20-21-18(22)11-10-17-5-4-12-23(17)19(24)13-16-8-6-15(2)7-9-16/h6-9,14,17H,3-5,10-13H2,1-2H3. The van der Waals surface area contributed by atoms with Gasteiger partial charge in [0.05, 0.1) is 6.42 Å². The van der Waals surface area contributed by atoms with Crippen LogP contribution in [0.1, 0.15) is 43.1 Å². The zero-order valence-electron chi connectivity index (χ0n) is 14.6. The van der Waals surface area contributed by atoms with Gasteiger partial charge in [-0.25, -0.2) is 0 Å². The zero-order valence-corrected chi connectivity index (χ0v) is 14.6. The van der Waals surface area contributed by atoms with Gasteiger partial charge in [-0.2, -0.15) is 0 Å². The van der Waals surface area contributed by atoms with Gasteiger partial charge in [0.2, 0.25) is 5.91 Å². The molecule has 5 heteroatoms. The summed E-state index contributed by atoms with van der Waals surface area (Å²) in [6, 6.07) is 8.60. The molecule has 1 aliphatic rings. The predicted molar refractivity (Wildman–Crippen MR) is 93.6 cm³/mol. The summed E-state index contributed by atoms with van der Waals surface area (Å²) in [6.45, 7) is 5.94. The van der Waals surface area contributed by atoms with Crippen LogP contribution in [0.3, 0.4) is 0 Å². The summed E-state index contributed by atoms with van der Waals surface area (Å²) < 4.78 is 2.08. The smallest absolute Gasteiger partial charge is 0.227 e. The Bertz CT molecular complexity index is 677. The van der Waals surface area contributed by atoms with E-state index in [4.69, 9.17) is 0 Å². The third kappa shape index (κ3) is 3.83. The summed E-state index contributed by atoms with van der Waals surface area (Å²) in [6.07, 6.45) is 6.34. The average Bonchev–Trinajstić information content (AvgIpc) is 3.23. The Balaban J connectivity index is 1.58. The van der Waals surface area contributed by atoms with E-state index in [1.165, 1.54) is 5.56 Å². The first kappa shape index (κ1) is 16.7. The molecule has 5 nitrogen and oxygen atoms in total. The summed E-state index contributed by atoms with van der Waals surface area (Å²) >= 11 is 0. The summed E-state index contributed by atoms with van der Waals surface area (Å²) in [5.74, 6) is 1.27. The molecule has 1 atom stereocenters. The summed E-state index contributed by atoms with van der Waals surface area (Å²) in [7, 11) is 0. The largest absolute Gasteiger partial charge is 0.339 e. The lowest BCUT2D eigenvalue weighted by Crippen LogP contribution is -2.37. The summed E-state index contributed by atoms with van der Waals surface area (Å²) in [5.41, 5.74) is 2.33. The van der Waals surface area contributed by atoms with Gasteiger partial charge < -0.3 is 9.47 Å². The fourth-order valence-electron chi connectivity index (χ4n) is 3.48. The van der Waals surface area contributed by atoms with Gasteiger partial charge in [-0.1, -0.05) is 29.8 Å². The van der Waals surface area contributed by atoms with E-state index in [2.05, 4.69) is 57.8 Å². The van der Waals surface area contributed by atoms with Crippen molar-refractivity contribution < 1.29 is 4.79 Å². The van der Waals surface area contributed by atoms with E-state index < -0.39 is 0 Å². The Hall–Kier alpha value is -2.17. The topological polar surface area (TPSA) is 51.0 Å². The number of benzene rings is 1. The number of hydrogen-bond acceptors (Lipinski definition) is 3. The van der Waals surface area contributed by atoms with Gasteiger partial charge in [0.15, 0.2) is 0 Å². The van der Waals surface area contributed by atoms with Gasteiger partial charge >= 0.3 is 0 Å². The fourth-order valence-corrected chi connectivity index (χ4v) is 3.48. The third-order valence-corrected chi connectivity index (χ3v) is 4.91. The molecule has 1 aromatic carbocycles. The number of amides is 1. The van der Waals surface area contributed by atoms with Gasteiger partial charge in [0.25, 0.3) is 0 Å². The molecule has 3 rings (SSSR count). The van der Waals surface area contributed by atoms with Crippen LogP contribution >= 0.6 is 0 Å². The van der Waals surface area contributed by atoms with E-state index in [9.17, 15) is 4.79 Å². The molecule has 0 radical (unpaired) electrons. The molecule has 0 spiro atoms. The van der Waals surface area contributed by atoms with E-state index in [1.54, 1.807) is 6.33 Å². The van der Waals surface area contributed by atoms with Crippen molar-refractivity contribution in [2.45, 2.75) is 58.5 Å². The minimum absolute atomic E-state index is 0.248. The number of hydrogen-bond donors (Lipinski definition) is 0. The number of likely N-dealkylation sites (tertiary alicyclic amines) is 1. The number of carbonyl (C=O) groups is 1. The minimum Gasteiger partial charge on any atom is -0.339 e. The van der Waals surface area contributed by atoms with Crippen molar-refractivity contribution >= 4 is 5.91 Å². The Morgan fingerprint density at radius 3 is 2.83 bits per heavy atom. The molecule has 1 unspecified atom stereocenters. The molecule has 0 bridgehead atoms. The van der Waals surface area contributed by atoms with Crippen LogP contribution in [0.15, 0.2) is 30.6 Å². The maximum atomic E-state index is 12.7. The van der Waals surface area contributed by atoms with E-state index in [1.807, 2.05) is 0 Å². The molecular weight excluding hydrogens is 300 g/mol. The average molecular weight is 326 g/mol. The van der Waals surface area contributed by atoms with E-state index in [0.29, 0.717) is 12.5 Å². The lowest BCUT2D eigenvalue weighted by molar-refractivity contribution is -0.131. The highest BCUT2D eigenvalue weighted by Crippen LogP contribution is 2.22. The lowest BCUT2D eigenvalue weighted by Gasteiger charge is -2.25. The van der Waals surface area contributed by atoms with Crippen molar-refractivity contribution in [3.05, 3.63) is 47.5 Å². The van der Waals surface area contributed by atoms with Crippen molar-refractivity contribution in [1.29, 1.82) is 0 Å². The molecule has 1 aliphatic heterocycles. The number of carbonyl (C=O) groups excluding carboxylic acids is 1. The van der Waals surface area contributed by atoms with Crippen LogP contribution in [0.5, 0.6) is 0 Å². The Morgan fingerprint density at radius 2 is 2.08 bits per heavy atom. The molecule has 1 saturated heterocycles. The quantitative estimate of drug-likeness (QED) is 0.820. The molecule has 0 aliphatic carbocycles. The number of nitrogens with zero attached hydrogens (tertiary/aromatic N) is 4. The first-order valence-electron chi connectivity index (χ1n) is 8.89. The van der Waals surface area contributed by atoms with Crippen molar-refractivity contribution in [1.82, 2.24) is 19.7 Å². The number of aromatic nitrogens is 3. The summed E-state index contributed by atoms with van der Waals surface area (Å²) in [4.78, 5) is 14.8. The van der Waals surface area contributed by atoms with Crippen LogP contribution < -0.4 is 0 Å². The van der Waals surface area contributed by atoms with Crippen LogP contribution in [0.4, 0.5) is 0 Å². The first-order valence-corrected chi connectivity index (χ1v) is 8.89. The van der Waals surface area contributed by atoms with Gasteiger partial charge in [-0.05, 0) is 38.7 Å². The second kappa shape index (κ2) is 7.60. The van der Waals surface area contributed by atoms with Crippen LogP contribution in [-0.2, 0) is 24.2 Å². The molecule has 0 saturated carbocycles. The monoisotopic (exact) mass is 326 g/mol. The van der Waals surface area contributed by atoms with Crippen LogP contribution in [-0.4, -0.2) is 38.2 Å². The third-order valence-electron chi connectivity index (χ3n) is 4.91. The Labute approximate surface area is 143 Å². The SMILES string of the molecule is CCn1cnnc1CCC1CCCN1C(=O)Cc1ccc(C)cc1. The van der Waals surface area contributed by atoms with Crippen molar-refractivity contribution in [3.63, 3.8) is 0 Å². The minimum atomic E-state index is 0.248. The van der Waals surface area contributed by atoms with Crippen LogP contribution in [0.2, 0.25) is 0 Å². The fraction of sp³-hybridized carbons (Fsp3) is 0.526. The van der Waals surface area contributed by atoms with Crippen molar-refractivity contribution in [2.75, 3.05) is 6.54 Å². The van der Waals surface area contributed by atoms with Crippen molar-refractivity contribution in [2.24, 2.45) is 0 Å². The molecule has 2 heterocycles. The Morgan fingerprint density at radius 1 is 1.29 bits per heavy atom. The number of rotatable bonds is 6. The highest BCUT2D eigenvalue weighted by Gasteiger charge is 2.28. The normalized spacial score (nSPS) is 17.4. The predicted octanol–water partition coefficient (Wildman–Crippen LogP) is 2.77. The highest BCUT2D eigenvalue weighted by molar-refractivity contribution is 5.79. The molecule has 1 aromatic heterocycles. The highest BCUT2D eigenvalue weighted by atomic mass is 16.2. The molecule has 1 amide bonds. The zero-order chi connectivity index (χ0) is 16.9. The van der Waals surface area contributed by atoms with Crippen molar-refractivity contribution in [3.8, 4) is 0 Å². The van der Waals surface area contributed by atoms with Gasteiger partial charge in [0, 0.05) is 25.6 Å². The molecule has 128 valence electrons. The second-order valence-corrected chi connectivity index (χ2v) is 6.62. The van der Waals surface area contributed by atoms with Gasteiger partial charge in [-0.15, -0.1) is 10.2 Å². The molecule has 0 N–H and O–H groups in total. The van der Waals surface area contributed by atoms with E-state index in [-0.39, 0.29) is 5.91 Å². The molecule has 24 heavy (non-hydrogen) atoms. The van der Waals surface area contributed by atoms with E-state index in [0.717, 1.165) is 50.2 Å². The number of aryl methyl sites for hydroxylation is 3.